The number of hydrogen-bond acceptors (Lipinski definition) is 6. The largest absolute Gasteiger partial charge is 0.417 e. The summed E-state index contributed by atoms with van der Waals surface area (Å²) < 4.78 is 38.9. The zero-order valence-corrected chi connectivity index (χ0v) is 19.3. The number of halogens is 4. The van der Waals surface area contributed by atoms with Crippen LogP contribution in [0.5, 0.6) is 0 Å². The number of amides is 1. The van der Waals surface area contributed by atoms with Crippen molar-refractivity contribution < 1.29 is 18.0 Å². The summed E-state index contributed by atoms with van der Waals surface area (Å²) in [4.78, 5) is 32.5. The van der Waals surface area contributed by atoms with Crippen LogP contribution in [0.2, 0.25) is 5.02 Å². The zero-order valence-electron chi connectivity index (χ0n) is 18.6. The molecule has 35 heavy (non-hydrogen) atoms. The molecule has 0 bridgehead atoms. The lowest BCUT2D eigenvalue weighted by Gasteiger charge is -2.48. The van der Waals surface area contributed by atoms with Gasteiger partial charge in [-0.25, -0.2) is 15.0 Å². The summed E-state index contributed by atoms with van der Waals surface area (Å²) in [7, 11) is 0. The third kappa shape index (κ3) is 3.53. The van der Waals surface area contributed by atoms with E-state index in [1.807, 2.05) is 17.9 Å². The summed E-state index contributed by atoms with van der Waals surface area (Å²) in [6, 6.07) is 4.13. The number of anilines is 1. The van der Waals surface area contributed by atoms with Crippen molar-refractivity contribution in [2.75, 3.05) is 11.9 Å². The summed E-state index contributed by atoms with van der Waals surface area (Å²) in [6.45, 7) is 2.50. The van der Waals surface area contributed by atoms with Crippen molar-refractivity contribution in [3.05, 3.63) is 64.8 Å². The quantitative estimate of drug-likeness (QED) is 0.562. The number of nitrogens with one attached hydrogen (secondary N) is 1. The minimum absolute atomic E-state index is 0.0415. The maximum absolute atomic E-state index is 13.7. The van der Waals surface area contributed by atoms with Crippen LogP contribution >= 0.6 is 11.6 Å². The highest BCUT2D eigenvalue weighted by Gasteiger charge is 2.75. The molecule has 4 unspecified atom stereocenters. The van der Waals surface area contributed by atoms with E-state index in [0.717, 1.165) is 30.7 Å². The first-order chi connectivity index (χ1) is 16.7. The van der Waals surface area contributed by atoms with Gasteiger partial charge in [-0.2, -0.15) is 13.2 Å². The average molecular weight is 501 g/mol. The highest BCUT2D eigenvalue weighted by molar-refractivity contribution is 6.33. The molecule has 3 aromatic heterocycles. The highest BCUT2D eigenvalue weighted by atomic mass is 35.5. The van der Waals surface area contributed by atoms with Crippen LogP contribution < -0.4 is 5.32 Å². The van der Waals surface area contributed by atoms with Crippen LogP contribution in [0.3, 0.4) is 0 Å². The van der Waals surface area contributed by atoms with Crippen molar-refractivity contribution in [1.82, 2.24) is 24.8 Å². The van der Waals surface area contributed by atoms with Crippen molar-refractivity contribution in [2.45, 2.75) is 38.0 Å². The molecule has 3 aliphatic rings. The van der Waals surface area contributed by atoms with Gasteiger partial charge in [-0.05, 0) is 54.9 Å². The number of likely N-dealkylation sites (tertiary alicyclic amines) is 1. The van der Waals surface area contributed by atoms with E-state index in [0.29, 0.717) is 23.9 Å². The Hall–Kier alpha value is -3.27. The van der Waals surface area contributed by atoms with Gasteiger partial charge >= 0.3 is 6.18 Å². The Morgan fingerprint density at radius 2 is 1.91 bits per heavy atom. The fraction of sp³-hybridized carbons (Fsp3) is 0.375. The Morgan fingerprint density at radius 3 is 2.63 bits per heavy atom. The van der Waals surface area contributed by atoms with Crippen LogP contribution in [-0.4, -0.2) is 49.4 Å². The van der Waals surface area contributed by atoms with Crippen molar-refractivity contribution in [3.63, 3.8) is 0 Å². The highest BCUT2D eigenvalue weighted by Crippen LogP contribution is 2.71. The fourth-order valence-electron chi connectivity index (χ4n) is 5.72. The number of hydrogen-bond donors (Lipinski definition) is 1. The van der Waals surface area contributed by atoms with E-state index in [1.54, 1.807) is 24.7 Å². The normalized spacial score (nSPS) is 26.5. The molecule has 3 fully saturated rings. The lowest BCUT2D eigenvalue weighted by atomic mass is 9.71. The number of aryl methyl sites for hydroxylation is 1. The summed E-state index contributed by atoms with van der Waals surface area (Å²) in [5.41, 5.74) is 0.881. The molecule has 1 aliphatic heterocycles. The first-order valence-corrected chi connectivity index (χ1v) is 11.6. The number of carbonyl (C=O) groups is 1. The van der Waals surface area contributed by atoms with Crippen LogP contribution in [0, 0.1) is 18.3 Å². The van der Waals surface area contributed by atoms with Gasteiger partial charge < -0.3 is 10.2 Å². The maximum atomic E-state index is 13.7. The molecular formula is C24H20ClF3N6O. The molecule has 6 rings (SSSR count). The Balaban J connectivity index is 1.28. The number of nitrogens with zero attached hydrogens (tertiary/aromatic N) is 5. The molecule has 2 aliphatic carbocycles. The van der Waals surface area contributed by atoms with Gasteiger partial charge in [0, 0.05) is 37.4 Å². The molecule has 180 valence electrons. The topological polar surface area (TPSA) is 83.9 Å². The van der Waals surface area contributed by atoms with Crippen molar-refractivity contribution in [1.29, 1.82) is 0 Å². The third-order valence-corrected chi connectivity index (χ3v) is 7.68. The molecule has 2 saturated carbocycles. The van der Waals surface area contributed by atoms with Crippen LogP contribution in [0.1, 0.15) is 34.5 Å². The van der Waals surface area contributed by atoms with Gasteiger partial charge in [0.2, 0.25) is 0 Å². The first-order valence-electron chi connectivity index (χ1n) is 11.2. The molecule has 4 atom stereocenters. The van der Waals surface area contributed by atoms with E-state index in [2.05, 4.69) is 25.3 Å². The standard InChI is InChI=1S/C24H20ClF3N6O/c1-12-5-15(20-29-3-2-4-30-20)18(31-9-12)22(35)34-11-14-7-23(14)8-17(19(23)34)33-21-16(25)6-13(10-32-21)24(26,27)28/h2-6,9-10,14,17,19H,7-8,11H2,1H3,(H,32,33). The maximum Gasteiger partial charge on any atom is 0.417 e. The van der Waals surface area contributed by atoms with Gasteiger partial charge in [0.25, 0.3) is 5.91 Å². The molecule has 1 saturated heterocycles. The van der Waals surface area contributed by atoms with Crippen LogP contribution in [0.15, 0.2) is 43.0 Å². The summed E-state index contributed by atoms with van der Waals surface area (Å²) in [5.74, 6) is 0.812. The van der Waals surface area contributed by atoms with Gasteiger partial charge in [0.05, 0.1) is 22.2 Å². The lowest BCUT2D eigenvalue weighted by molar-refractivity contribution is -0.137. The van der Waals surface area contributed by atoms with E-state index in [-0.39, 0.29) is 39.9 Å². The zero-order chi connectivity index (χ0) is 24.5. The molecule has 1 N–H and O–H groups in total. The Kier molecular flexibility index (Phi) is 4.83. The van der Waals surface area contributed by atoms with Crippen LogP contribution in [0.25, 0.3) is 11.4 Å². The number of alkyl halides is 3. The average Bonchev–Trinajstić information content (AvgIpc) is 3.48. The third-order valence-electron chi connectivity index (χ3n) is 7.39. The second kappa shape index (κ2) is 7.61. The predicted molar refractivity (Wildman–Crippen MR) is 122 cm³/mol. The van der Waals surface area contributed by atoms with Crippen LogP contribution in [-0.2, 0) is 6.18 Å². The second-order valence-electron chi connectivity index (χ2n) is 9.52. The Bertz CT molecular complexity index is 1340. The van der Waals surface area contributed by atoms with Gasteiger partial charge in [0.1, 0.15) is 11.5 Å². The molecule has 4 heterocycles. The molecule has 1 spiro atoms. The summed E-state index contributed by atoms with van der Waals surface area (Å²) in [6.07, 6.45) is 2.96. The smallest absolute Gasteiger partial charge is 0.364 e. The van der Waals surface area contributed by atoms with E-state index in [9.17, 15) is 18.0 Å². The van der Waals surface area contributed by atoms with Gasteiger partial charge in [-0.15, -0.1) is 0 Å². The second-order valence-corrected chi connectivity index (χ2v) is 9.93. The van der Waals surface area contributed by atoms with Crippen molar-refractivity contribution >= 4 is 23.3 Å². The Morgan fingerprint density at radius 1 is 1.14 bits per heavy atom. The summed E-state index contributed by atoms with van der Waals surface area (Å²) in [5, 5.41) is 3.09. The monoisotopic (exact) mass is 500 g/mol. The number of rotatable bonds is 4. The number of carbonyl (C=O) groups excluding carboxylic acids is 1. The fourth-order valence-corrected chi connectivity index (χ4v) is 5.94. The first kappa shape index (κ1) is 22.2. The van der Waals surface area contributed by atoms with Crippen molar-refractivity contribution in [2.24, 2.45) is 11.3 Å². The van der Waals surface area contributed by atoms with Gasteiger partial charge in [-0.3, -0.25) is 9.78 Å². The van der Waals surface area contributed by atoms with Gasteiger partial charge in [0.15, 0.2) is 5.82 Å². The van der Waals surface area contributed by atoms with Crippen molar-refractivity contribution in [3.8, 4) is 11.4 Å². The number of aromatic nitrogens is 4. The molecule has 0 radical (unpaired) electrons. The minimum Gasteiger partial charge on any atom is -0.364 e. The molecule has 1 amide bonds. The molecule has 11 heteroatoms. The molecular weight excluding hydrogens is 481 g/mol. The predicted octanol–water partition coefficient (Wildman–Crippen LogP) is 4.63. The number of pyridine rings is 2. The lowest BCUT2D eigenvalue weighted by Crippen LogP contribution is -2.60. The minimum atomic E-state index is -4.52. The molecule has 7 nitrogen and oxygen atoms in total. The van der Waals surface area contributed by atoms with E-state index in [4.69, 9.17) is 11.6 Å². The van der Waals surface area contributed by atoms with E-state index in [1.165, 1.54) is 0 Å². The molecule has 0 aromatic carbocycles. The summed E-state index contributed by atoms with van der Waals surface area (Å²) >= 11 is 6.12. The SMILES string of the molecule is Cc1cnc(C(=O)N2CC3CC34CC(Nc3ncc(C(F)(F)F)cc3Cl)C24)c(-c2ncccn2)c1. The van der Waals surface area contributed by atoms with E-state index >= 15 is 0 Å². The molecule has 3 aromatic rings. The Labute approximate surface area is 203 Å². The van der Waals surface area contributed by atoms with Gasteiger partial charge in [-0.1, -0.05) is 11.6 Å². The van der Waals surface area contributed by atoms with Crippen LogP contribution in [0.4, 0.5) is 19.0 Å². The van der Waals surface area contributed by atoms with E-state index < -0.39 is 11.7 Å². The number of piperidine rings is 1.